The quantitative estimate of drug-likeness (QED) is 0.633. The van der Waals surface area contributed by atoms with Crippen LogP contribution in [0.1, 0.15) is 25.3 Å². The number of halogens is 1. The molecule has 0 saturated carbocycles. The fourth-order valence-electron chi connectivity index (χ4n) is 2.27. The van der Waals surface area contributed by atoms with E-state index in [0.29, 0.717) is 17.9 Å². The van der Waals surface area contributed by atoms with Crippen LogP contribution in [0.25, 0.3) is 0 Å². The highest BCUT2D eigenvalue weighted by Crippen LogP contribution is 2.30. The number of benzene rings is 1. The van der Waals surface area contributed by atoms with Crippen LogP contribution in [0.2, 0.25) is 5.02 Å². The van der Waals surface area contributed by atoms with Crippen molar-refractivity contribution in [3.8, 4) is 0 Å². The number of nitrogens with zero attached hydrogens (tertiary/aromatic N) is 1. The van der Waals surface area contributed by atoms with Crippen molar-refractivity contribution in [1.82, 2.24) is 0 Å². The third-order valence-corrected chi connectivity index (χ3v) is 3.98. The Morgan fingerprint density at radius 2 is 2.35 bits per heavy atom. The summed E-state index contributed by atoms with van der Waals surface area (Å²) in [6.45, 7) is 4.42. The standard InChI is InChI=1S/C15H19ClN2O5/c1-9-6-12(16)14(18(20)21)7-13(9)17-15(19)10(2)23-8-11-4-3-5-22-11/h6-7,10-11H,3-5,8H2,1-2H3,(H,17,19)/t10-,11+/m0/s1. The van der Waals surface area contributed by atoms with Crippen LogP contribution < -0.4 is 5.32 Å². The number of hydrogen-bond donors (Lipinski definition) is 1. The predicted octanol–water partition coefficient (Wildman–Crippen LogP) is 3.08. The van der Waals surface area contributed by atoms with Gasteiger partial charge in [-0.1, -0.05) is 11.6 Å². The van der Waals surface area contributed by atoms with Gasteiger partial charge in [-0.05, 0) is 38.3 Å². The van der Waals surface area contributed by atoms with E-state index in [1.165, 1.54) is 12.1 Å². The van der Waals surface area contributed by atoms with E-state index in [0.717, 1.165) is 19.4 Å². The lowest BCUT2D eigenvalue weighted by atomic mass is 10.1. The van der Waals surface area contributed by atoms with Gasteiger partial charge in [0.15, 0.2) is 0 Å². The Kier molecular flexibility index (Phi) is 5.92. The highest BCUT2D eigenvalue weighted by Gasteiger charge is 2.22. The Morgan fingerprint density at radius 1 is 1.61 bits per heavy atom. The first-order valence-electron chi connectivity index (χ1n) is 7.37. The van der Waals surface area contributed by atoms with Crippen LogP contribution in [0.5, 0.6) is 0 Å². The molecule has 8 heteroatoms. The van der Waals surface area contributed by atoms with Gasteiger partial charge in [-0.2, -0.15) is 0 Å². The van der Waals surface area contributed by atoms with Crippen molar-refractivity contribution in [2.75, 3.05) is 18.5 Å². The summed E-state index contributed by atoms with van der Waals surface area (Å²) < 4.78 is 10.9. The zero-order valence-corrected chi connectivity index (χ0v) is 13.8. The van der Waals surface area contributed by atoms with Gasteiger partial charge >= 0.3 is 0 Å². The van der Waals surface area contributed by atoms with Crippen molar-refractivity contribution < 1.29 is 19.2 Å². The molecule has 1 aliphatic heterocycles. The van der Waals surface area contributed by atoms with E-state index in [2.05, 4.69) is 5.32 Å². The van der Waals surface area contributed by atoms with Crippen LogP contribution >= 0.6 is 11.6 Å². The maximum absolute atomic E-state index is 12.2. The minimum Gasteiger partial charge on any atom is -0.376 e. The van der Waals surface area contributed by atoms with Crippen molar-refractivity contribution in [3.05, 3.63) is 32.8 Å². The minimum absolute atomic E-state index is 0.0311. The Balaban J connectivity index is 1.98. The van der Waals surface area contributed by atoms with Crippen LogP contribution in [-0.2, 0) is 14.3 Å². The van der Waals surface area contributed by atoms with Gasteiger partial charge in [-0.15, -0.1) is 0 Å². The summed E-state index contributed by atoms with van der Waals surface area (Å²) in [7, 11) is 0. The Hall–Kier alpha value is -1.70. The van der Waals surface area contributed by atoms with E-state index in [1.54, 1.807) is 13.8 Å². The molecule has 2 atom stereocenters. The monoisotopic (exact) mass is 342 g/mol. The van der Waals surface area contributed by atoms with Crippen LogP contribution in [-0.4, -0.2) is 36.3 Å². The molecule has 126 valence electrons. The lowest BCUT2D eigenvalue weighted by Gasteiger charge is -2.17. The minimum atomic E-state index is -0.687. The molecule has 0 radical (unpaired) electrons. The maximum Gasteiger partial charge on any atom is 0.289 e. The molecule has 1 heterocycles. The largest absolute Gasteiger partial charge is 0.376 e. The number of nitro groups is 1. The molecular formula is C15H19ClN2O5. The summed E-state index contributed by atoms with van der Waals surface area (Å²) >= 11 is 5.83. The number of nitrogens with one attached hydrogen (secondary N) is 1. The molecule has 1 amide bonds. The molecule has 1 N–H and O–H groups in total. The average molecular weight is 343 g/mol. The number of rotatable bonds is 6. The summed E-state index contributed by atoms with van der Waals surface area (Å²) in [5.41, 5.74) is 0.736. The van der Waals surface area contributed by atoms with Crippen LogP contribution in [0.3, 0.4) is 0 Å². The second kappa shape index (κ2) is 7.72. The van der Waals surface area contributed by atoms with Crippen molar-refractivity contribution in [2.45, 2.75) is 38.9 Å². The van der Waals surface area contributed by atoms with Gasteiger partial charge in [-0.3, -0.25) is 14.9 Å². The number of nitro benzene ring substituents is 1. The van der Waals surface area contributed by atoms with Gasteiger partial charge in [-0.25, -0.2) is 0 Å². The smallest absolute Gasteiger partial charge is 0.289 e. The first kappa shape index (κ1) is 17.7. The molecule has 0 spiro atoms. The lowest BCUT2D eigenvalue weighted by molar-refractivity contribution is -0.384. The van der Waals surface area contributed by atoms with E-state index < -0.39 is 11.0 Å². The third-order valence-electron chi connectivity index (χ3n) is 3.67. The summed E-state index contributed by atoms with van der Waals surface area (Å²) in [6, 6.07) is 2.70. The van der Waals surface area contributed by atoms with Crippen LogP contribution in [0, 0.1) is 17.0 Å². The van der Waals surface area contributed by atoms with Crippen LogP contribution in [0.4, 0.5) is 11.4 Å². The summed E-state index contributed by atoms with van der Waals surface area (Å²) in [6.07, 6.45) is 1.27. The van der Waals surface area contributed by atoms with Gasteiger partial charge in [0.25, 0.3) is 11.6 Å². The molecule has 1 aliphatic rings. The van der Waals surface area contributed by atoms with Crippen molar-refractivity contribution in [2.24, 2.45) is 0 Å². The number of ether oxygens (including phenoxy) is 2. The summed E-state index contributed by atoms with van der Waals surface area (Å²) in [4.78, 5) is 22.5. The van der Waals surface area contributed by atoms with Gasteiger partial charge in [0.05, 0.1) is 23.3 Å². The molecule has 0 unspecified atom stereocenters. The molecule has 0 aromatic heterocycles. The molecule has 0 aliphatic carbocycles. The number of carbonyl (C=O) groups is 1. The van der Waals surface area contributed by atoms with E-state index >= 15 is 0 Å². The zero-order valence-electron chi connectivity index (χ0n) is 13.0. The fourth-order valence-corrected chi connectivity index (χ4v) is 2.56. The Labute approximate surface area is 139 Å². The first-order chi connectivity index (χ1) is 10.9. The highest BCUT2D eigenvalue weighted by atomic mass is 35.5. The molecule has 0 bridgehead atoms. The Bertz CT molecular complexity index is 602. The highest BCUT2D eigenvalue weighted by molar-refractivity contribution is 6.32. The summed E-state index contributed by atoms with van der Waals surface area (Å²) in [5, 5.41) is 13.6. The molecule has 2 rings (SSSR count). The number of hydrogen-bond acceptors (Lipinski definition) is 5. The molecule has 1 aromatic rings. The fraction of sp³-hybridized carbons (Fsp3) is 0.533. The molecule has 1 saturated heterocycles. The lowest BCUT2D eigenvalue weighted by Crippen LogP contribution is -2.30. The Morgan fingerprint density at radius 3 is 2.96 bits per heavy atom. The zero-order chi connectivity index (χ0) is 17.0. The third kappa shape index (κ3) is 4.63. The van der Waals surface area contributed by atoms with Crippen molar-refractivity contribution in [1.29, 1.82) is 0 Å². The average Bonchev–Trinajstić information content (AvgIpc) is 3.00. The number of anilines is 1. The normalized spacial score (nSPS) is 18.7. The van der Waals surface area contributed by atoms with Gasteiger partial charge in [0, 0.05) is 12.7 Å². The second-order valence-corrected chi connectivity index (χ2v) is 5.88. The van der Waals surface area contributed by atoms with E-state index in [9.17, 15) is 14.9 Å². The number of aryl methyl sites for hydroxylation is 1. The van der Waals surface area contributed by atoms with E-state index in [4.69, 9.17) is 21.1 Å². The SMILES string of the molecule is Cc1cc(Cl)c([N+](=O)[O-])cc1NC(=O)[C@H](C)OC[C@H]1CCCO1. The molecule has 7 nitrogen and oxygen atoms in total. The molecule has 23 heavy (non-hydrogen) atoms. The number of amides is 1. The topological polar surface area (TPSA) is 90.7 Å². The molecule has 1 aromatic carbocycles. The van der Waals surface area contributed by atoms with E-state index in [1.807, 2.05) is 0 Å². The van der Waals surface area contributed by atoms with Gasteiger partial charge < -0.3 is 14.8 Å². The predicted molar refractivity (Wildman–Crippen MR) is 85.9 cm³/mol. The molecule has 1 fully saturated rings. The van der Waals surface area contributed by atoms with Crippen molar-refractivity contribution in [3.63, 3.8) is 0 Å². The summed E-state index contributed by atoms with van der Waals surface area (Å²) in [5.74, 6) is -0.372. The van der Waals surface area contributed by atoms with Gasteiger partial charge in [0.2, 0.25) is 0 Å². The number of carbonyl (C=O) groups excluding carboxylic acids is 1. The van der Waals surface area contributed by atoms with Crippen LogP contribution in [0.15, 0.2) is 12.1 Å². The second-order valence-electron chi connectivity index (χ2n) is 5.48. The van der Waals surface area contributed by atoms with Gasteiger partial charge in [0.1, 0.15) is 11.1 Å². The maximum atomic E-state index is 12.2. The van der Waals surface area contributed by atoms with Crippen molar-refractivity contribution >= 4 is 28.9 Å². The first-order valence-corrected chi connectivity index (χ1v) is 7.75. The van der Waals surface area contributed by atoms with E-state index in [-0.39, 0.29) is 22.7 Å². The molecular weight excluding hydrogens is 324 g/mol.